The molecule has 82 valence electrons. The Morgan fingerprint density at radius 1 is 0.938 bits per heavy atom. The van der Waals surface area contributed by atoms with Gasteiger partial charge in [-0.1, -0.05) is 63.8 Å². The molecule has 16 heavy (non-hydrogen) atoms. The van der Waals surface area contributed by atoms with Gasteiger partial charge in [-0.15, -0.1) is 0 Å². The van der Waals surface area contributed by atoms with Crippen LogP contribution in [0.2, 0.25) is 0 Å². The van der Waals surface area contributed by atoms with E-state index in [1.165, 1.54) is 21.9 Å². The minimum Gasteiger partial charge on any atom is -0.0985 e. The van der Waals surface area contributed by atoms with Crippen LogP contribution < -0.4 is 0 Å². The molecule has 0 N–H and O–H groups in total. The second-order valence-electron chi connectivity index (χ2n) is 5.28. The molecule has 2 rings (SSSR count). The molecule has 0 atom stereocenters. The smallest absolute Gasteiger partial charge is 0.0132 e. The normalized spacial score (nSPS) is 11.7. The standard InChI is InChI=1S/C16H18/c1-5-12-6-7-13-8-9-15(16(2,3)4)11-14(13)10-12/h5-11H,1H2,2-4H3. The Hall–Kier alpha value is -1.56. The summed E-state index contributed by atoms with van der Waals surface area (Å²) in [5.74, 6) is 0. The van der Waals surface area contributed by atoms with Crippen LogP contribution in [0.5, 0.6) is 0 Å². The fourth-order valence-electron chi connectivity index (χ4n) is 1.86. The third-order valence-corrected chi connectivity index (χ3v) is 2.97. The van der Waals surface area contributed by atoms with Crippen molar-refractivity contribution >= 4 is 16.8 Å². The van der Waals surface area contributed by atoms with Gasteiger partial charge in [-0.25, -0.2) is 0 Å². The summed E-state index contributed by atoms with van der Waals surface area (Å²) in [7, 11) is 0. The number of fused-ring (bicyclic) bond motifs is 1. The zero-order chi connectivity index (χ0) is 11.8. The average molecular weight is 210 g/mol. The Labute approximate surface area is 97.6 Å². The summed E-state index contributed by atoms with van der Waals surface area (Å²) in [5.41, 5.74) is 2.76. The van der Waals surface area contributed by atoms with Crippen LogP contribution in [0.1, 0.15) is 31.9 Å². The second kappa shape index (κ2) is 3.79. The predicted molar refractivity (Wildman–Crippen MR) is 72.7 cm³/mol. The molecule has 0 saturated carbocycles. The van der Waals surface area contributed by atoms with Crippen molar-refractivity contribution in [2.45, 2.75) is 26.2 Å². The highest BCUT2D eigenvalue weighted by Gasteiger charge is 2.13. The van der Waals surface area contributed by atoms with E-state index in [-0.39, 0.29) is 5.41 Å². The fourth-order valence-corrected chi connectivity index (χ4v) is 1.86. The van der Waals surface area contributed by atoms with Crippen molar-refractivity contribution in [3.05, 3.63) is 54.1 Å². The Morgan fingerprint density at radius 2 is 1.62 bits per heavy atom. The molecule has 0 fully saturated rings. The van der Waals surface area contributed by atoms with E-state index >= 15 is 0 Å². The second-order valence-corrected chi connectivity index (χ2v) is 5.28. The Morgan fingerprint density at radius 3 is 2.25 bits per heavy atom. The van der Waals surface area contributed by atoms with Crippen LogP contribution in [-0.4, -0.2) is 0 Å². The summed E-state index contributed by atoms with van der Waals surface area (Å²) >= 11 is 0. The van der Waals surface area contributed by atoms with Gasteiger partial charge in [0, 0.05) is 0 Å². The summed E-state index contributed by atoms with van der Waals surface area (Å²) in [4.78, 5) is 0. The molecule has 0 saturated heterocycles. The summed E-state index contributed by atoms with van der Waals surface area (Å²) in [6, 6.07) is 13.1. The average Bonchev–Trinajstić information content (AvgIpc) is 2.26. The van der Waals surface area contributed by atoms with Crippen molar-refractivity contribution in [3.63, 3.8) is 0 Å². The molecule has 0 radical (unpaired) electrons. The van der Waals surface area contributed by atoms with Crippen molar-refractivity contribution in [2.24, 2.45) is 0 Å². The molecule has 0 aliphatic rings. The molecule has 0 heterocycles. The topological polar surface area (TPSA) is 0 Å². The van der Waals surface area contributed by atoms with Crippen LogP contribution in [0.3, 0.4) is 0 Å². The van der Waals surface area contributed by atoms with Crippen molar-refractivity contribution in [1.82, 2.24) is 0 Å². The maximum Gasteiger partial charge on any atom is -0.0132 e. The zero-order valence-electron chi connectivity index (χ0n) is 10.2. The van der Waals surface area contributed by atoms with E-state index in [1.807, 2.05) is 6.08 Å². The number of hydrogen-bond acceptors (Lipinski definition) is 0. The molecule has 0 aliphatic carbocycles. The molecule has 0 bridgehead atoms. The van der Waals surface area contributed by atoms with Gasteiger partial charge < -0.3 is 0 Å². The van der Waals surface area contributed by atoms with E-state index in [4.69, 9.17) is 0 Å². The molecular weight excluding hydrogens is 192 g/mol. The van der Waals surface area contributed by atoms with Crippen molar-refractivity contribution in [1.29, 1.82) is 0 Å². The summed E-state index contributed by atoms with van der Waals surface area (Å²) < 4.78 is 0. The van der Waals surface area contributed by atoms with Gasteiger partial charge in [-0.3, -0.25) is 0 Å². The molecule has 0 spiro atoms. The van der Waals surface area contributed by atoms with E-state index in [2.05, 4.69) is 63.7 Å². The minimum absolute atomic E-state index is 0.207. The molecule has 0 aliphatic heterocycles. The highest BCUT2D eigenvalue weighted by atomic mass is 14.2. The van der Waals surface area contributed by atoms with Gasteiger partial charge in [0.15, 0.2) is 0 Å². The molecule has 0 amide bonds. The fraction of sp³-hybridized carbons (Fsp3) is 0.250. The third kappa shape index (κ3) is 2.01. The summed E-state index contributed by atoms with van der Waals surface area (Å²) in [6.45, 7) is 10.5. The van der Waals surface area contributed by atoms with E-state index in [0.717, 1.165) is 0 Å². The lowest BCUT2D eigenvalue weighted by molar-refractivity contribution is 0.591. The lowest BCUT2D eigenvalue weighted by Gasteiger charge is -2.19. The lowest BCUT2D eigenvalue weighted by Crippen LogP contribution is -2.10. The van der Waals surface area contributed by atoms with Crippen LogP contribution in [0.4, 0.5) is 0 Å². The lowest BCUT2D eigenvalue weighted by atomic mass is 9.86. The Balaban J connectivity index is 2.64. The maximum atomic E-state index is 3.81. The molecule has 0 heteroatoms. The van der Waals surface area contributed by atoms with E-state index in [1.54, 1.807) is 0 Å². The Kier molecular flexibility index (Phi) is 2.59. The number of benzene rings is 2. The molecule has 2 aromatic rings. The van der Waals surface area contributed by atoms with Crippen LogP contribution in [-0.2, 0) is 5.41 Å². The minimum atomic E-state index is 0.207. The first-order valence-corrected chi connectivity index (χ1v) is 5.67. The van der Waals surface area contributed by atoms with Crippen molar-refractivity contribution < 1.29 is 0 Å². The molecular formula is C16H18. The molecule has 0 unspecified atom stereocenters. The number of rotatable bonds is 1. The maximum absolute atomic E-state index is 3.81. The van der Waals surface area contributed by atoms with Crippen LogP contribution in [0.25, 0.3) is 16.8 Å². The van der Waals surface area contributed by atoms with Gasteiger partial charge in [0.1, 0.15) is 0 Å². The first-order chi connectivity index (χ1) is 7.50. The first-order valence-electron chi connectivity index (χ1n) is 5.67. The zero-order valence-corrected chi connectivity index (χ0v) is 10.2. The molecule has 0 aromatic heterocycles. The van der Waals surface area contributed by atoms with Gasteiger partial charge >= 0.3 is 0 Å². The van der Waals surface area contributed by atoms with Crippen LogP contribution in [0.15, 0.2) is 43.0 Å². The van der Waals surface area contributed by atoms with E-state index in [9.17, 15) is 0 Å². The van der Waals surface area contributed by atoms with Crippen molar-refractivity contribution in [2.75, 3.05) is 0 Å². The quantitative estimate of drug-likeness (QED) is 0.635. The van der Waals surface area contributed by atoms with E-state index in [0.29, 0.717) is 0 Å². The van der Waals surface area contributed by atoms with Gasteiger partial charge in [0.05, 0.1) is 0 Å². The van der Waals surface area contributed by atoms with Crippen molar-refractivity contribution in [3.8, 4) is 0 Å². The van der Waals surface area contributed by atoms with Crippen LogP contribution >= 0.6 is 0 Å². The van der Waals surface area contributed by atoms with Gasteiger partial charge in [0.2, 0.25) is 0 Å². The monoisotopic (exact) mass is 210 g/mol. The third-order valence-electron chi connectivity index (χ3n) is 2.97. The van der Waals surface area contributed by atoms with Gasteiger partial charge in [0.25, 0.3) is 0 Å². The number of hydrogen-bond donors (Lipinski definition) is 0. The summed E-state index contributed by atoms with van der Waals surface area (Å²) in [6.07, 6.45) is 1.89. The van der Waals surface area contributed by atoms with E-state index < -0.39 is 0 Å². The first kappa shape index (κ1) is 10.9. The largest absolute Gasteiger partial charge is 0.0985 e. The highest BCUT2D eigenvalue weighted by Crippen LogP contribution is 2.26. The van der Waals surface area contributed by atoms with Gasteiger partial charge in [-0.2, -0.15) is 0 Å². The highest BCUT2D eigenvalue weighted by molar-refractivity contribution is 5.85. The molecule has 2 aromatic carbocycles. The molecule has 0 nitrogen and oxygen atoms in total. The SMILES string of the molecule is C=Cc1ccc2ccc(C(C)(C)C)cc2c1. The summed E-state index contributed by atoms with van der Waals surface area (Å²) in [5, 5.41) is 2.59. The Bertz CT molecular complexity index is 527. The van der Waals surface area contributed by atoms with Crippen LogP contribution in [0, 0.1) is 0 Å². The predicted octanol–water partition coefficient (Wildman–Crippen LogP) is 4.78. The van der Waals surface area contributed by atoms with Gasteiger partial charge in [-0.05, 0) is 33.4 Å².